The fourth-order valence-electron chi connectivity index (χ4n) is 4.28. The molecule has 0 bridgehead atoms. The zero-order chi connectivity index (χ0) is 20.0. The monoisotopic (exact) mass is 389 g/mol. The Morgan fingerprint density at radius 2 is 1.55 bits per heavy atom. The van der Waals surface area contributed by atoms with E-state index < -0.39 is 0 Å². The number of anilines is 2. The van der Waals surface area contributed by atoms with E-state index in [1.165, 1.54) is 6.07 Å². The summed E-state index contributed by atoms with van der Waals surface area (Å²) in [7, 11) is 0. The Balaban J connectivity index is 1.29. The molecular formula is C23H20FN3O2. The third-order valence-electron chi connectivity index (χ3n) is 5.77. The second-order valence-electron chi connectivity index (χ2n) is 7.39. The minimum Gasteiger partial charge on any atom is -0.366 e. The van der Waals surface area contributed by atoms with Crippen molar-refractivity contribution in [3.05, 3.63) is 72.0 Å². The van der Waals surface area contributed by atoms with Crippen LogP contribution in [0.4, 0.5) is 15.8 Å². The van der Waals surface area contributed by atoms with Crippen LogP contribution in [0.1, 0.15) is 10.4 Å². The number of piperazine rings is 1. The highest BCUT2D eigenvalue weighted by Crippen LogP contribution is 2.37. The molecule has 5 nitrogen and oxygen atoms in total. The Morgan fingerprint density at radius 3 is 2.31 bits per heavy atom. The van der Waals surface area contributed by atoms with Crippen molar-refractivity contribution < 1.29 is 14.0 Å². The molecule has 0 atom stereocenters. The summed E-state index contributed by atoms with van der Waals surface area (Å²) in [6, 6.07) is 18.1. The predicted molar refractivity (Wildman–Crippen MR) is 111 cm³/mol. The van der Waals surface area contributed by atoms with Gasteiger partial charge in [-0.25, -0.2) is 4.39 Å². The lowest BCUT2D eigenvalue weighted by molar-refractivity contribution is -0.129. The van der Waals surface area contributed by atoms with E-state index in [4.69, 9.17) is 0 Å². The van der Waals surface area contributed by atoms with Crippen molar-refractivity contribution in [1.29, 1.82) is 0 Å². The van der Waals surface area contributed by atoms with E-state index in [0.717, 1.165) is 16.5 Å². The molecular weight excluding hydrogens is 369 g/mol. The summed E-state index contributed by atoms with van der Waals surface area (Å²) >= 11 is 0. The molecule has 0 N–H and O–H groups in total. The minimum absolute atomic E-state index is 0.0202. The Hall–Kier alpha value is -3.41. The zero-order valence-electron chi connectivity index (χ0n) is 15.8. The maximum atomic E-state index is 14.0. The number of carbonyl (C=O) groups excluding carboxylic acids is 2. The SMILES string of the molecule is O=C(CN1C(=O)c2cccc3cccc1c23)N1CCN(c2ccccc2F)CC1. The van der Waals surface area contributed by atoms with Gasteiger partial charge in [0.15, 0.2) is 0 Å². The number of halogens is 1. The smallest absolute Gasteiger partial charge is 0.259 e. The fraction of sp³-hybridized carbons (Fsp3) is 0.217. The van der Waals surface area contributed by atoms with Crippen molar-refractivity contribution in [1.82, 2.24) is 4.90 Å². The number of rotatable bonds is 3. The van der Waals surface area contributed by atoms with Gasteiger partial charge in [-0.15, -0.1) is 0 Å². The van der Waals surface area contributed by atoms with E-state index in [1.807, 2.05) is 47.4 Å². The van der Waals surface area contributed by atoms with Gasteiger partial charge < -0.3 is 9.80 Å². The second kappa shape index (κ2) is 6.88. The van der Waals surface area contributed by atoms with Crippen LogP contribution in [-0.2, 0) is 4.79 Å². The molecule has 2 heterocycles. The highest BCUT2D eigenvalue weighted by atomic mass is 19.1. The van der Waals surface area contributed by atoms with Gasteiger partial charge in [-0.2, -0.15) is 0 Å². The fourth-order valence-corrected chi connectivity index (χ4v) is 4.28. The maximum absolute atomic E-state index is 14.0. The van der Waals surface area contributed by atoms with E-state index in [0.29, 0.717) is 37.4 Å². The molecule has 3 aromatic carbocycles. The van der Waals surface area contributed by atoms with E-state index in [-0.39, 0.29) is 24.2 Å². The quantitative estimate of drug-likeness (QED) is 0.691. The third kappa shape index (κ3) is 2.92. The third-order valence-corrected chi connectivity index (χ3v) is 5.77. The van der Waals surface area contributed by atoms with E-state index in [2.05, 4.69) is 0 Å². The Labute approximate surface area is 167 Å². The first-order valence-corrected chi connectivity index (χ1v) is 9.74. The topological polar surface area (TPSA) is 43.9 Å². The molecule has 0 unspecified atom stereocenters. The normalized spacial score (nSPS) is 16.0. The molecule has 2 aliphatic rings. The Morgan fingerprint density at radius 1 is 0.862 bits per heavy atom. The van der Waals surface area contributed by atoms with Crippen LogP contribution in [-0.4, -0.2) is 49.4 Å². The van der Waals surface area contributed by atoms with Crippen LogP contribution in [0.5, 0.6) is 0 Å². The summed E-state index contributed by atoms with van der Waals surface area (Å²) in [6.45, 7) is 2.16. The standard InChI is InChI=1S/C23H20FN3O2/c24-18-8-1-2-9-19(18)25-11-13-26(14-12-25)21(28)15-27-20-10-4-6-16-5-3-7-17(22(16)20)23(27)29/h1-10H,11-15H2. The molecule has 0 spiro atoms. The first-order valence-electron chi connectivity index (χ1n) is 9.74. The van der Waals surface area contributed by atoms with Crippen molar-refractivity contribution >= 4 is 34.0 Å². The number of carbonyl (C=O) groups is 2. The van der Waals surface area contributed by atoms with Crippen LogP contribution in [0.3, 0.4) is 0 Å². The van der Waals surface area contributed by atoms with E-state index >= 15 is 0 Å². The highest BCUT2D eigenvalue weighted by Gasteiger charge is 2.32. The number of amides is 2. The molecule has 0 aromatic heterocycles. The van der Waals surface area contributed by atoms with Gasteiger partial charge in [-0.3, -0.25) is 14.5 Å². The summed E-state index contributed by atoms with van der Waals surface area (Å²) in [5.41, 5.74) is 2.01. The molecule has 5 rings (SSSR count). The van der Waals surface area contributed by atoms with Crippen molar-refractivity contribution in [2.45, 2.75) is 0 Å². The molecule has 146 valence electrons. The minimum atomic E-state index is -0.249. The van der Waals surface area contributed by atoms with Gasteiger partial charge in [0, 0.05) is 37.1 Å². The summed E-state index contributed by atoms with van der Waals surface area (Å²) in [5, 5.41) is 1.92. The second-order valence-corrected chi connectivity index (χ2v) is 7.39. The first-order chi connectivity index (χ1) is 14.1. The first kappa shape index (κ1) is 17.7. The molecule has 0 radical (unpaired) electrons. The van der Waals surface area contributed by atoms with Gasteiger partial charge in [-0.1, -0.05) is 36.4 Å². The number of nitrogens with zero attached hydrogens (tertiary/aromatic N) is 3. The van der Waals surface area contributed by atoms with Crippen molar-refractivity contribution in [3.8, 4) is 0 Å². The van der Waals surface area contributed by atoms with Crippen LogP contribution in [0, 0.1) is 5.82 Å². The van der Waals surface area contributed by atoms with Crippen LogP contribution in [0.2, 0.25) is 0 Å². The van der Waals surface area contributed by atoms with Gasteiger partial charge in [0.05, 0.1) is 11.4 Å². The van der Waals surface area contributed by atoms with Gasteiger partial charge in [-0.05, 0) is 29.7 Å². The molecule has 29 heavy (non-hydrogen) atoms. The summed E-state index contributed by atoms with van der Waals surface area (Å²) in [5.74, 6) is -0.465. The van der Waals surface area contributed by atoms with Crippen molar-refractivity contribution in [3.63, 3.8) is 0 Å². The highest BCUT2D eigenvalue weighted by molar-refractivity contribution is 6.26. The van der Waals surface area contributed by atoms with Crippen LogP contribution < -0.4 is 9.80 Å². The number of para-hydroxylation sites is 1. The lowest BCUT2D eigenvalue weighted by Gasteiger charge is -2.36. The largest absolute Gasteiger partial charge is 0.366 e. The predicted octanol–water partition coefficient (Wildman–Crippen LogP) is 3.29. The van der Waals surface area contributed by atoms with Crippen LogP contribution in [0.25, 0.3) is 10.8 Å². The maximum Gasteiger partial charge on any atom is 0.259 e. The number of benzene rings is 3. The molecule has 1 saturated heterocycles. The number of hydrogen-bond acceptors (Lipinski definition) is 3. The molecule has 0 saturated carbocycles. The summed E-state index contributed by atoms with van der Waals surface area (Å²) in [4.78, 5) is 31.1. The van der Waals surface area contributed by atoms with Crippen molar-refractivity contribution in [2.75, 3.05) is 42.5 Å². The Bertz CT molecular complexity index is 1120. The molecule has 1 fully saturated rings. The van der Waals surface area contributed by atoms with Crippen LogP contribution >= 0.6 is 0 Å². The molecule has 0 aliphatic carbocycles. The molecule has 6 heteroatoms. The molecule has 3 aromatic rings. The zero-order valence-corrected chi connectivity index (χ0v) is 15.8. The van der Waals surface area contributed by atoms with E-state index in [9.17, 15) is 14.0 Å². The van der Waals surface area contributed by atoms with Gasteiger partial charge >= 0.3 is 0 Å². The lowest BCUT2D eigenvalue weighted by atomic mass is 10.1. The molecule has 2 aliphatic heterocycles. The Kier molecular flexibility index (Phi) is 4.19. The van der Waals surface area contributed by atoms with Crippen molar-refractivity contribution in [2.24, 2.45) is 0 Å². The summed E-state index contributed by atoms with van der Waals surface area (Å²) < 4.78 is 14.0. The molecule has 2 amide bonds. The lowest BCUT2D eigenvalue weighted by Crippen LogP contribution is -2.51. The van der Waals surface area contributed by atoms with Crippen LogP contribution in [0.15, 0.2) is 60.7 Å². The van der Waals surface area contributed by atoms with Gasteiger partial charge in [0.25, 0.3) is 5.91 Å². The average Bonchev–Trinajstić information content (AvgIpc) is 3.02. The number of hydrogen-bond donors (Lipinski definition) is 0. The average molecular weight is 389 g/mol. The summed E-state index contributed by atoms with van der Waals surface area (Å²) in [6.07, 6.45) is 0. The van der Waals surface area contributed by atoms with E-state index in [1.54, 1.807) is 21.9 Å². The van der Waals surface area contributed by atoms with Gasteiger partial charge in [0.2, 0.25) is 5.91 Å². The van der Waals surface area contributed by atoms with Gasteiger partial charge in [0.1, 0.15) is 12.4 Å².